The molecule has 0 saturated carbocycles. The standard InChI is InChI=1S/C7H4BrN3S2/c8-5-2-1-3-6(10-5)13-7-11-9-4-12-7/h1-4H. The first-order valence-corrected chi connectivity index (χ1v) is 5.90. The van der Waals surface area contributed by atoms with E-state index in [1.807, 2.05) is 18.2 Å². The Balaban J connectivity index is 2.19. The van der Waals surface area contributed by atoms with Crippen molar-refractivity contribution in [3.63, 3.8) is 0 Å². The van der Waals surface area contributed by atoms with Crippen LogP contribution >= 0.6 is 39.0 Å². The summed E-state index contributed by atoms with van der Waals surface area (Å²) in [5.74, 6) is 0. The summed E-state index contributed by atoms with van der Waals surface area (Å²) in [5, 5.41) is 8.59. The molecule has 0 saturated heterocycles. The van der Waals surface area contributed by atoms with Crippen LogP contribution in [0.4, 0.5) is 0 Å². The van der Waals surface area contributed by atoms with Crippen LogP contribution in [0.5, 0.6) is 0 Å². The third kappa shape index (κ3) is 2.49. The van der Waals surface area contributed by atoms with E-state index in [4.69, 9.17) is 0 Å². The van der Waals surface area contributed by atoms with Gasteiger partial charge in [0, 0.05) is 0 Å². The molecule has 2 aromatic rings. The fourth-order valence-electron chi connectivity index (χ4n) is 0.743. The van der Waals surface area contributed by atoms with E-state index in [2.05, 4.69) is 31.1 Å². The molecular formula is C7H4BrN3S2. The summed E-state index contributed by atoms with van der Waals surface area (Å²) >= 11 is 6.33. The molecule has 0 aliphatic rings. The van der Waals surface area contributed by atoms with Crippen LogP contribution in [0.2, 0.25) is 0 Å². The van der Waals surface area contributed by atoms with Crippen LogP contribution < -0.4 is 0 Å². The van der Waals surface area contributed by atoms with Crippen molar-refractivity contribution in [3.05, 3.63) is 28.3 Å². The molecule has 0 fully saturated rings. The van der Waals surface area contributed by atoms with Crippen LogP contribution in [0.25, 0.3) is 0 Å². The summed E-state index contributed by atoms with van der Waals surface area (Å²) in [7, 11) is 0. The minimum Gasteiger partial charge on any atom is -0.234 e. The van der Waals surface area contributed by atoms with Crippen LogP contribution in [0.1, 0.15) is 0 Å². The van der Waals surface area contributed by atoms with Gasteiger partial charge in [-0.1, -0.05) is 17.4 Å². The zero-order valence-electron chi connectivity index (χ0n) is 6.35. The molecule has 0 radical (unpaired) electrons. The Hall–Kier alpha value is -0.460. The van der Waals surface area contributed by atoms with E-state index in [9.17, 15) is 0 Å². The second-order valence-electron chi connectivity index (χ2n) is 2.11. The van der Waals surface area contributed by atoms with Crippen molar-refractivity contribution < 1.29 is 0 Å². The molecule has 0 aliphatic carbocycles. The average Bonchev–Trinajstić information content (AvgIpc) is 2.57. The van der Waals surface area contributed by atoms with Crippen molar-refractivity contribution in [1.29, 1.82) is 0 Å². The van der Waals surface area contributed by atoms with Gasteiger partial charge >= 0.3 is 0 Å². The highest BCUT2D eigenvalue weighted by Crippen LogP contribution is 2.27. The fraction of sp³-hybridized carbons (Fsp3) is 0. The van der Waals surface area contributed by atoms with E-state index in [0.717, 1.165) is 14.0 Å². The van der Waals surface area contributed by atoms with Gasteiger partial charge in [0.1, 0.15) is 15.1 Å². The second-order valence-corrected chi connectivity index (χ2v) is 5.02. The van der Waals surface area contributed by atoms with Gasteiger partial charge in [-0.15, -0.1) is 10.2 Å². The predicted molar refractivity (Wildman–Crippen MR) is 56.0 cm³/mol. The topological polar surface area (TPSA) is 38.7 Å². The Labute approximate surface area is 91.7 Å². The summed E-state index contributed by atoms with van der Waals surface area (Å²) < 4.78 is 1.74. The van der Waals surface area contributed by atoms with Crippen LogP contribution in [0, 0.1) is 0 Å². The highest BCUT2D eigenvalue weighted by Gasteiger charge is 2.01. The number of rotatable bonds is 2. The Kier molecular flexibility index (Phi) is 2.92. The first kappa shape index (κ1) is 9.11. The Morgan fingerprint density at radius 1 is 1.38 bits per heavy atom. The molecule has 13 heavy (non-hydrogen) atoms. The minimum absolute atomic E-state index is 0.835. The lowest BCUT2D eigenvalue weighted by molar-refractivity contribution is 1.00. The van der Waals surface area contributed by atoms with Gasteiger partial charge in [-0.2, -0.15) is 0 Å². The lowest BCUT2D eigenvalue weighted by Gasteiger charge is -1.95. The maximum atomic E-state index is 4.27. The SMILES string of the molecule is Brc1cccc(Sc2nncs2)n1. The van der Waals surface area contributed by atoms with Gasteiger partial charge in [0.15, 0.2) is 4.34 Å². The molecular weight excluding hydrogens is 270 g/mol. The summed E-state index contributed by atoms with van der Waals surface area (Å²) in [5.41, 5.74) is 1.71. The molecule has 3 nitrogen and oxygen atoms in total. The number of nitrogens with zero attached hydrogens (tertiary/aromatic N) is 3. The van der Waals surface area contributed by atoms with Crippen molar-refractivity contribution in [3.8, 4) is 0 Å². The first-order chi connectivity index (χ1) is 6.34. The first-order valence-electron chi connectivity index (χ1n) is 3.41. The molecule has 6 heteroatoms. The van der Waals surface area contributed by atoms with Crippen LogP contribution in [-0.2, 0) is 0 Å². The molecule has 0 amide bonds. The second kappa shape index (κ2) is 4.17. The van der Waals surface area contributed by atoms with E-state index in [-0.39, 0.29) is 0 Å². The Morgan fingerprint density at radius 3 is 3.00 bits per heavy atom. The molecule has 0 aromatic carbocycles. The molecule has 66 valence electrons. The summed E-state index contributed by atoms with van der Waals surface area (Å²) in [4.78, 5) is 4.27. The lowest BCUT2D eigenvalue weighted by Crippen LogP contribution is -1.79. The smallest absolute Gasteiger partial charge is 0.180 e. The molecule has 0 bridgehead atoms. The predicted octanol–water partition coefficient (Wildman–Crippen LogP) is 2.85. The van der Waals surface area contributed by atoms with E-state index in [1.165, 1.54) is 23.1 Å². The number of pyridine rings is 1. The van der Waals surface area contributed by atoms with Crippen molar-refractivity contribution in [2.75, 3.05) is 0 Å². The minimum atomic E-state index is 0.835. The Morgan fingerprint density at radius 2 is 2.31 bits per heavy atom. The molecule has 0 spiro atoms. The largest absolute Gasteiger partial charge is 0.234 e. The highest BCUT2D eigenvalue weighted by molar-refractivity contribution is 9.10. The summed E-state index contributed by atoms with van der Waals surface area (Å²) in [6.45, 7) is 0. The van der Waals surface area contributed by atoms with Crippen molar-refractivity contribution in [1.82, 2.24) is 15.2 Å². The van der Waals surface area contributed by atoms with Gasteiger partial charge < -0.3 is 0 Å². The quantitative estimate of drug-likeness (QED) is 0.789. The molecule has 0 aliphatic heterocycles. The number of hydrogen-bond acceptors (Lipinski definition) is 5. The van der Waals surface area contributed by atoms with Gasteiger partial charge in [0.05, 0.1) is 0 Å². The van der Waals surface area contributed by atoms with Crippen LogP contribution in [0.15, 0.2) is 37.7 Å². The van der Waals surface area contributed by atoms with E-state index in [1.54, 1.807) is 5.51 Å². The van der Waals surface area contributed by atoms with Crippen molar-refractivity contribution in [2.45, 2.75) is 9.37 Å². The maximum Gasteiger partial charge on any atom is 0.180 e. The molecule has 0 atom stereocenters. The zero-order valence-corrected chi connectivity index (χ0v) is 9.56. The van der Waals surface area contributed by atoms with Gasteiger partial charge in [-0.25, -0.2) is 4.98 Å². The molecule has 0 N–H and O–H groups in total. The van der Waals surface area contributed by atoms with Crippen molar-refractivity contribution in [2.24, 2.45) is 0 Å². The fourth-order valence-corrected chi connectivity index (χ4v) is 2.62. The zero-order chi connectivity index (χ0) is 9.10. The van der Waals surface area contributed by atoms with E-state index >= 15 is 0 Å². The summed E-state index contributed by atoms with van der Waals surface area (Å²) in [6.07, 6.45) is 0. The highest BCUT2D eigenvalue weighted by atomic mass is 79.9. The lowest BCUT2D eigenvalue weighted by atomic mass is 10.5. The van der Waals surface area contributed by atoms with Crippen LogP contribution in [0.3, 0.4) is 0 Å². The third-order valence-corrected chi connectivity index (χ3v) is 3.38. The van der Waals surface area contributed by atoms with E-state index in [0.29, 0.717) is 0 Å². The average molecular weight is 274 g/mol. The summed E-state index contributed by atoms with van der Waals surface area (Å²) in [6, 6.07) is 5.78. The Bertz CT molecular complexity index is 390. The van der Waals surface area contributed by atoms with Gasteiger partial charge in [-0.3, -0.25) is 0 Å². The monoisotopic (exact) mass is 273 g/mol. The number of hydrogen-bond donors (Lipinski definition) is 0. The van der Waals surface area contributed by atoms with Crippen molar-refractivity contribution >= 4 is 39.0 Å². The number of aromatic nitrogens is 3. The van der Waals surface area contributed by atoms with E-state index < -0.39 is 0 Å². The van der Waals surface area contributed by atoms with Crippen LogP contribution in [-0.4, -0.2) is 15.2 Å². The maximum absolute atomic E-state index is 4.27. The van der Waals surface area contributed by atoms with Gasteiger partial charge in [0.25, 0.3) is 0 Å². The molecule has 2 heterocycles. The molecule has 2 aromatic heterocycles. The third-order valence-electron chi connectivity index (χ3n) is 1.22. The molecule has 2 rings (SSSR count). The molecule has 0 unspecified atom stereocenters. The number of halogens is 1. The normalized spacial score (nSPS) is 10.2. The van der Waals surface area contributed by atoms with Gasteiger partial charge in [0.2, 0.25) is 0 Å². The van der Waals surface area contributed by atoms with Gasteiger partial charge in [-0.05, 0) is 39.8 Å².